The van der Waals surface area contributed by atoms with Gasteiger partial charge in [0, 0.05) is 43.5 Å². The van der Waals surface area contributed by atoms with E-state index in [-0.39, 0.29) is 24.9 Å². The molecular weight excluding hydrogens is 659 g/mol. The molecule has 5 atom stereocenters. The summed E-state index contributed by atoms with van der Waals surface area (Å²) in [5, 5.41) is 34.4. The number of carbonyl (C=O) groups is 2. The van der Waals surface area contributed by atoms with Crippen molar-refractivity contribution in [3.63, 3.8) is 0 Å². The second-order valence-corrected chi connectivity index (χ2v) is 12.3. The van der Waals surface area contributed by atoms with Gasteiger partial charge in [-0.05, 0) is 43.0 Å². The highest BCUT2D eigenvalue weighted by Crippen LogP contribution is 2.35. The van der Waals surface area contributed by atoms with E-state index < -0.39 is 30.6 Å². The van der Waals surface area contributed by atoms with E-state index >= 15 is 0 Å². The lowest BCUT2D eigenvalue weighted by atomic mass is 10.1. The molecule has 2 aliphatic rings. The van der Waals surface area contributed by atoms with Crippen molar-refractivity contribution in [3.8, 4) is 0 Å². The molecule has 0 bridgehead atoms. The number of amides is 1. The number of rotatable bonds is 15. The zero-order chi connectivity index (χ0) is 33.5. The fourth-order valence-electron chi connectivity index (χ4n) is 4.92. The summed E-state index contributed by atoms with van der Waals surface area (Å²) >= 11 is 13.3. The number of benzene rings is 1. The van der Waals surface area contributed by atoms with E-state index in [0.29, 0.717) is 62.4 Å². The van der Waals surface area contributed by atoms with Gasteiger partial charge in [-0.1, -0.05) is 12.1 Å². The summed E-state index contributed by atoms with van der Waals surface area (Å²) in [6.45, 7) is 3.59. The van der Waals surface area contributed by atoms with Crippen LogP contribution in [0, 0.1) is 0 Å². The Bertz CT molecular complexity index is 1250. The molecule has 2 aromatic rings. The van der Waals surface area contributed by atoms with Gasteiger partial charge in [-0.25, -0.2) is 14.8 Å². The van der Waals surface area contributed by atoms with E-state index in [1.165, 1.54) is 12.7 Å². The van der Waals surface area contributed by atoms with Crippen molar-refractivity contribution in [1.29, 1.82) is 0 Å². The minimum atomic E-state index is -0.737. The molecule has 256 valence electrons. The van der Waals surface area contributed by atoms with E-state index in [1.807, 2.05) is 30.5 Å². The minimum absolute atomic E-state index is 0.194. The van der Waals surface area contributed by atoms with Gasteiger partial charge in [0.05, 0.1) is 38.4 Å². The van der Waals surface area contributed by atoms with Gasteiger partial charge >= 0.3 is 5.97 Å². The zero-order valence-corrected chi connectivity index (χ0v) is 28.4. The number of nitrogens with one attached hydrogen (secondary N) is 2. The predicted molar refractivity (Wildman–Crippen MR) is 180 cm³/mol. The fraction of sp³-hybridized carbons (Fsp3) is 0.600. The summed E-state index contributed by atoms with van der Waals surface area (Å²) in [6.07, 6.45) is 3.62. The number of alkyl halides is 2. The number of aliphatic hydroxyl groups is 3. The zero-order valence-electron chi connectivity index (χ0n) is 26.1. The van der Waals surface area contributed by atoms with Gasteiger partial charge in [0.2, 0.25) is 5.91 Å². The highest BCUT2D eigenvalue weighted by molar-refractivity contribution is 7.98. The number of aliphatic hydroxyl groups excluding tert-OH is 3. The average molecular weight is 704 g/mol. The number of imidazole rings is 1. The SMILES string of the molecule is CCOC(=O)[C@H](CCSC)NC(=O)Cc1ccc(N(CCCl)CCCl)cc1.OC[C@H]1O[C@@H](n2cnc3c2N=CNC[C@H]3O)C[C@@H]1O. The number of esters is 1. The molecule has 0 saturated carbocycles. The van der Waals surface area contributed by atoms with Crippen LogP contribution in [0.1, 0.15) is 43.4 Å². The first-order valence-electron chi connectivity index (χ1n) is 15.1. The molecule has 1 amide bonds. The van der Waals surface area contributed by atoms with Crippen molar-refractivity contribution >= 4 is 64.7 Å². The van der Waals surface area contributed by atoms with Gasteiger partial charge in [-0.2, -0.15) is 11.8 Å². The molecule has 5 N–H and O–H groups in total. The van der Waals surface area contributed by atoms with Crippen molar-refractivity contribution in [2.24, 2.45) is 4.99 Å². The topological polar surface area (TPSA) is 171 Å². The number of carbonyl (C=O) groups excluding carboxylic acids is 2. The third kappa shape index (κ3) is 11.0. The quantitative estimate of drug-likeness (QED) is 0.136. The van der Waals surface area contributed by atoms with E-state index in [4.69, 9.17) is 37.8 Å². The van der Waals surface area contributed by atoms with E-state index in [9.17, 15) is 19.8 Å². The molecule has 1 aromatic heterocycles. The maximum absolute atomic E-state index is 12.3. The molecule has 0 unspecified atom stereocenters. The van der Waals surface area contributed by atoms with Crippen LogP contribution in [0.25, 0.3) is 0 Å². The standard InChI is InChI=1S/C19H28Cl2N2O3S.C11H16N4O4/c1-3-26-19(25)17(8-13-27-2)22-18(24)14-15-4-6-16(7-5-15)23(11-9-20)12-10-21;16-3-8-6(17)1-9(19-8)15-5-14-10-7(18)2-12-4-13-11(10)15/h4-7,17H,3,8-14H2,1-2H3,(H,22,24);4-9,16-18H,1-3H2,(H,12,13)/t17-;6-,7+,8+,9+/m00/s1. The molecule has 16 heteroatoms. The molecule has 46 heavy (non-hydrogen) atoms. The molecule has 0 radical (unpaired) electrons. The molecule has 2 aliphatic heterocycles. The second-order valence-electron chi connectivity index (χ2n) is 10.5. The van der Waals surface area contributed by atoms with Crippen LogP contribution in [0.3, 0.4) is 0 Å². The van der Waals surface area contributed by atoms with Crippen molar-refractivity contribution < 1.29 is 34.4 Å². The van der Waals surface area contributed by atoms with Crippen LogP contribution in [0.15, 0.2) is 35.6 Å². The minimum Gasteiger partial charge on any atom is -0.464 e. The van der Waals surface area contributed by atoms with E-state index in [2.05, 4.69) is 25.5 Å². The largest absolute Gasteiger partial charge is 0.464 e. The normalized spacial score (nSPS) is 20.8. The maximum atomic E-state index is 12.3. The fourth-order valence-corrected chi connectivity index (χ4v) is 5.80. The van der Waals surface area contributed by atoms with Gasteiger partial charge in [-0.15, -0.1) is 23.2 Å². The van der Waals surface area contributed by atoms with Crippen LogP contribution >= 0.6 is 35.0 Å². The molecule has 4 rings (SSSR count). The average Bonchev–Trinajstić information content (AvgIpc) is 3.59. The first kappa shape index (κ1) is 37.9. The maximum Gasteiger partial charge on any atom is 0.328 e. The monoisotopic (exact) mass is 702 g/mol. The van der Waals surface area contributed by atoms with Crippen LogP contribution in [0.2, 0.25) is 0 Å². The van der Waals surface area contributed by atoms with Crippen LogP contribution in [-0.2, 0) is 25.5 Å². The number of ether oxygens (including phenoxy) is 2. The second kappa shape index (κ2) is 19.9. The Morgan fingerprint density at radius 2 is 1.96 bits per heavy atom. The lowest BCUT2D eigenvalue weighted by Gasteiger charge is -2.23. The van der Waals surface area contributed by atoms with Crippen molar-refractivity contribution in [3.05, 3.63) is 41.9 Å². The Hall–Kier alpha value is -2.59. The number of fused-ring (bicyclic) bond motifs is 1. The number of aliphatic imine (C=N–C) groups is 1. The number of hydrogen-bond acceptors (Lipinski definition) is 12. The van der Waals surface area contributed by atoms with Gasteiger partial charge in [-0.3, -0.25) is 9.36 Å². The molecule has 0 aliphatic carbocycles. The lowest BCUT2D eigenvalue weighted by molar-refractivity contribution is -0.147. The Morgan fingerprint density at radius 1 is 1.24 bits per heavy atom. The highest BCUT2D eigenvalue weighted by Gasteiger charge is 2.36. The Kier molecular flexibility index (Phi) is 16.4. The van der Waals surface area contributed by atoms with Crippen LogP contribution in [-0.4, -0.2) is 118 Å². The van der Waals surface area contributed by atoms with Gasteiger partial charge in [0.15, 0.2) is 5.82 Å². The Balaban J connectivity index is 0.000000264. The summed E-state index contributed by atoms with van der Waals surface area (Å²) in [7, 11) is 0. The Morgan fingerprint density at radius 3 is 2.57 bits per heavy atom. The van der Waals surface area contributed by atoms with Crippen LogP contribution in [0.5, 0.6) is 0 Å². The molecular formula is C30H44Cl2N6O7S. The van der Waals surface area contributed by atoms with E-state index in [0.717, 1.165) is 17.0 Å². The first-order valence-corrected chi connectivity index (χ1v) is 17.6. The molecule has 1 aromatic carbocycles. The van der Waals surface area contributed by atoms with Crippen molar-refractivity contribution in [2.75, 3.05) is 61.5 Å². The van der Waals surface area contributed by atoms with Crippen LogP contribution in [0.4, 0.5) is 11.5 Å². The molecule has 0 spiro atoms. The smallest absolute Gasteiger partial charge is 0.328 e. The predicted octanol–water partition coefficient (Wildman–Crippen LogP) is 2.13. The van der Waals surface area contributed by atoms with Gasteiger partial charge in [0.25, 0.3) is 0 Å². The van der Waals surface area contributed by atoms with Crippen molar-refractivity contribution in [2.45, 2.75) is 56.8 Å². The summed E-state index contributed by atoms with van der Waals surface area (Å²) in [5.41, 5.74) is 2.37. The first-order chi connectivity index (χ1) is 22.3. The number of hydrogen-bond donors (Lipinski definition) is 5. The van der Waals surface area contributed by atoms with Gasteiger partial charge < -0.3 is 40.3 Å². The molecule has 1 saturated heterocycles. The molecule has 13 nitrogen and oxygen atoms in total. The number of halogens is 2. The number of β-amino-alcohol motifs (C(OH)–C–C–N with tert-alkyl or cyclic N) is 1. The molecule has 3 heterocycles. The number of aromatic nitrogens is 2. The number of nitrogens with zero attached hydrogens (tertiary/aromatic N) is 4. The highest BCUT2D eigenvalue weighted by atomic mass is 35.5. The lowest BCUT2D eigenvalue weighted by Crippen LogP contribution is -2.43. The van der Waals surface area contributed by atoms with E-state index in [1.54, 1.807) is 23.3 Å². The van der Waals surface area contributed by atoms with Gasteiger partial charge in [0.1, 0.15) is 30.2 Å². The summed E-state index contributed by atoms with van der Waals surface area (Å²) in [5.74, 6) is 1.75. The number of anilines is 1. The summed E-state index contributed by atoms with van der Waals surface area (Å²) in [6, 6.07) is 7.13. The third-order valence-electron chi connectivity index (χ3n) is 7.29. The Labute approximate surface area is 283 Å². The summed E-state index contributed by atoms with van der Waals surface area (Å²) < 4.78 is 12.3. The third-order valence-corrected chi connectivity index (χ3v) is 8.27. The van der Waals surface area contributed by atoms with Crippen molar-refractivity contribution in [1.82, 2.24) is 20.2 Å². The van der Waals surface area contributed by atoms with Crippen LogP contribution < -0.4 is 15.5 Å². The molecule has 1 fully saturated rings. The number of thioether (sulfide) groups is 1. The summed E-state index contributed by atoms with van der Waals surface area (Å²) in [4.78, 5) is 34.8.